The standard InChI is InChI=1S/C18H23N3O3/c1-23-15-7-8-16(17(12-15)24-2)18(22)21-11-4-3-6-14(21)13-20-10-5-9-19-20/h5,7-10,12,14H,3-4,6,11,13H2,1-2H3/t14-/m0/s1. The normalized spacial score (nSPS) is 17.6. The van der Waals surface area contributed by atoms with Gasteiger partial charge in [-0.25, -0.2) is 0 Å². The summed E-state index contributed by atoms with van der Waals surface area (Å²) in [6.45, 7) is 1.48. The lowest BCUT2D eigenvalue weighted by molar-refractivity contribution is 0.0580. The van der Waals surface area contributed by atoms with Crippen LogP contribution in [0, 0.1) is 0 Å². The molecule has 1 saturated heterocycles. The van der Waals surface area contributed by atoms with Crippen LogP contribution in [0.15, 0.2) is 36.7 Å². The van der Waals surface area contributed by atoms with Crippen LogP contribution in [0.4, 0.5) is 0 Å². The second-order valence-corrected chi connectivity index (χ2v) is 5.94. The third-order valence-corrected chi connectivity index (χ3v) is 4.48. The van der Waals surface area contributed by atoms with E-state index in [1.165, 1.54) is 0 Å². The molecule has 0 spiro atoms. The monoisotopic (exact) mass is 329 g/mol. The van der Waals surface area contributed by atoms with Crippen molar-refractivity contribution in [2.24, 2.45) is 0 Å². The van der Waals surface area contributed by atoms with E-state index in [-0.39, 0.29) is 11.9 Å². The fourth-order valence-electron chi connectivity index (χ4n) is 3.21. The van der Waals surface area contributed by atoms with Crippen molar-refractivity contribution < 1.29 is 14.3 Å². The van der Waals surface area contributed by atoms with Gasteiger partial charge in [-0.2, -0.15) is 5.10 Å². The number of likely N-dealkylation sites (tertiary alicyclic amines) is 1. The molecule has 2 heterocycles. The zero-order chi connectivity index (χ0) is 16.9. The number of aromatic nitrogens is 2. The zero-order valence-corrected chi connectivity index (χ0v) is 14.1. The first-order valence-electron chi connectivity index (χ1n) is 8.23. The van der Waals surface area contributed by atoms with Crippen LogP contribution in [0.5, 0.6) is 11.5 Å². The average Bonchev–Trinajstić information content (AvgIpc) is 3.14. The van der Waals surface area contributed by atoms with Crippen LogP contribution in [0.25, 0.3) is 0 Å². The van der Waals surface area contributed by atoms with Gasteiger partial charge in [0.1, 0.15) is 11.5 Å². The van der Waals surface area contributed by atoms with Crippen molar-refractivity contribution in [3.63, 3.8) is 0 Å². The van der Waals surface area contributed by atoms with E-state index in [0.717, 1.165) is 32.4 Å². The molecule has 1 aliphatic heterocycles. The van der Waals surface area contributed by atoms with Crippen molar-refractivity contribution in [2.45, 2.75) is 31.8 Å². The van der Waals surface area contributed by atoms with Crippen LogP contribution in [-0.4, -0.2) is 47.4 Å². The summed E-state index contributed by atoms with van der Waals surface area (Å²) in [5, 5.41) is 4.27. The second kappa shape index (κ2) is 7.38. The Bertz CT molecular complexity index is 685. The van der Waals surface area contributed by atoms with E-state index in [0.29, 0.717) is 17.1 Å². The highest BCUT2D eigenvalue weighted by Gasteiger charge is 2.29. The molecule has 6 heteroatoms. The molecule has 0 aliphatic carbocycles. The Hall–Kier alpha value is -2.50. The molecular weight excluding hydrogens is 306 g/mol. The van der Waals surface area contributed by atoms with Crippen molar-refractivity contribution >= 4 is 5.91 Å². The van der Waals surface area contributed by atoms with E-state index >= 15 is 0 Å². The highest BCUT2D eigenvalue weighted by molar-refractivity contribution is 5.97. The Kier molecular flexibility index (Phi) is 5.03. The van der Waals surface area contributed by atoms with Crippen LogP contribution >= 0.6 is 0 Å². The van der Waals surface area contributed by atoms with Crippen LogP contribution in [0.1, 0.15) is 29.6 Å². The van der Waals surface area contributed by atoms with Crippen molar-refractivity contribution in [3.8, 4) is 11.5 Å². The molecular formula is C18H23N3O3. The molecule has 1 amide bonds. The number of hydrogen-bond acceptors (Lipinski definition) is 4. The Balaban J connectivity index is 1.83. The number of carbonyl (C=O) groups is 1. The molecule has 3 rings (SSSR count). The maximum Gasteiger partial charge on any atom is 0.257 e. The maximum atomic E-state index is 13.1. The van der Waals surface area contributed by atoms with Crippen molar-refractivity contribution in [3.05, 3.63) is 42.2 Å². The molecule has 1 atom stereocenters. The van der Waals surface area contributed by atoms with E-state index < -0.39 is 0 Å². The Labute approximate surface area is 142 Å². The van der Waals surface area contributed by atoms with Gasteiger partial charge in [-0.15, -0.1) is 0 Å². The van der Waals surface area contributed by atoms with Crippen molar-refractivity contribution in [1.29, 1.82) is 0 Å². The van der Waals surface area contributed by atoms with Gasteiger partial charge in [0.25, 0.3) is 5.91 Å². The number of nitrogens with zero attached hydrogens (tertiary/aromatic N) is 3. The van der Waals surface area contributed by atoms with Crippen LogP contribution in [0.2, 0.25) is 0 Å². The summed E-state index contributed by atoms with van der Waals surface area (Å²) in [6.07, 6.45) is 6.85. The molecule has 0 N–H and O–H groups in total. The van der Waals surface area contributed by atoms with Gasteiger partial charge in [0.15, 0.2) is 0 Å². The van der Waals surface area contributed by atoms with Gasteiger partial charge in [0.05, 0.1) is 32.4 Å². The number of rotatable bonds is 5. The van der Waals surface area contributed by atoms with Crippen LogP contribution < -0.4 is 9.47 Å². The molecule has 6 nitrogen and oxygen atoms in total. The van der Waals surface area contributed by atoms with E-state index in [1.54, 1.807) is 38.6 Å². The lowest BCUT2D eigenvalue weighted by atomic mass is 10.0. The highest BCUT2D eigenvalue weighted by atomic mass is 16.5. The van der Waals surface area contributed by atoms with E-state index in [4.69, 9.17) is 9.47 Å². The largest absolute Gasteiger partial charge is 0.497 e. The molecule has 1 aromatic heterocycles. The third-order valence-electron chi connectivity index (χ3n) is 4.48. The summed E-state index contributed by atoms with van der Waals surface area (Å²) >= 11 is 0. The zero-order valence-electron chi connectivity index (χ0n) is 14.1. The summed E-state index contributed by atoms with van der Waals surface area (Å²) in [6, 6.07) is 7.38. The SMILES string of the molecule is COc1ccc(C(=O)N2CCCC[C@H]2Cn2cccn2)c(OC)c1. The Morgan fingerprint density at radius 3 is 2.88 bits per heavy atom. The molecule has 1 aliphatic rings. The predicted octanol–water partition coefficient (Wildman–Crippen LogP) is 2.60. The molecule has 0 bridgehead atoms. The lowest BCUT2D eigenvalue weighted by Crippen LogP contribution is -2.46. The molecule has 24 heavy (non-hydrogen) atoms. The van der Waals surface area contributed by atoms with Crippen LogP contribution in [0.3, 0.4) is 0 Å². The van der Waals surface area contributed by atoms with Gasteiger partial charge in [-0.05, 0) is 37.5 Å². The fourth-order valence-corrected chi connectivity index (χ4v) is 3.21. The first kappa shape index (κ1) is 16.4. The van der Waals surface area contributed by atoms with Crippen LogP contribution in [-0.2, 0) is 6.54 Å². The highest BCUT2D eigenvalue weighted by Crippen LogP contribution is 2.28. The minimum absolute atomic E-state index is 0.00589. The number of methoxy groups -OCH3 is 2. The number of benzene rings is 1. The molecule has 0 saturated carbocycles. The summed E-state index contributed by atoms with van der Waals surface area (Å²) in [5.74, 6) is 1.23. The first-order valence-corrected chi connectivity index (χ1v) is 8.23. The van der Waals surface area contributed by atoms with Crippen molar-refractivity contribution in [1.82, 2.24) is 14.7 Å². The van der Waals surface area contributed by atoms with Gasteiger partial charge in [-0.1, -0.05) is 0 Å². The predicted molar refractivity (Wildman–Crippen MR) is 90.4 cm³/mol. The number of ether oxygens (including phenoxy) is 2. The Morgan fingerprint density at radius 1 is 1.29 bits per heavy atom. The van der Waals surface area contributed by atoms with E-state index in [1.807, 2.05) is 21.8 Å². The molecule has 0 radical (unpaired) electrons. The number of piperidine rings is 1. The minimum Gasteiger partial charge on any atom is -0.497 e. The molecule has 1 aromatic carbocycles. The molecule has 128 valence electrons. The van der Waals surface area contributed by atoms with Gasteiger partial charge in [-0.3, -0.25) is 9.48 Å². The molecule has 2 aromatic rings. The average molecular weight is 329 g/mol. The summed E-state index contributed by atoms with van der Waals surface area (Å²) in [7, 11) is 3.17. The van der Waals surface area contributed by atoms with Gasteiger partial charge in [0.2, 0.25) is 0 Å². The van der Waals surface area contributed by atoms with Crippen molar-refractivity contribution in [2.75, 3.05) is 20.8 Å². The van der Waals surface area contributed by atoms with E-state index in [9.17, 15) is 4.79 Å². The number of amides is 1. The van der Waals surface area contributed by atoms with E-state index in [2.05, 4.69) is 5.10 Å². The van der Waals surface area contributed by atoms with Gasteiger partial charge >= 0.3 is 0 Å². The lowest BCUT2D eigenvalue weighted by Gasteiger charge is -2.36. The topological polar surface area (TPSA) is 56.6 Å². The number of hydrogen-bond donors (Lipinski definition) is 0. The first-order chi connectivity index (χ1) is 11.7. The quantitative estimate of drug-likeness (QED) is 0.846. The summed E-state index contributed by atoms with van der Waals surface area (Å²) in [4.78, 5) is 15.0. The smallest absolute Gasteiger partial charge is 0.257 e. The van der Waals surface area contributed by atoms with Gasteiger partial charge < -0.3 is 14.4 Å². The second-order valence-electron chi connectivity index (χ2n) is 5.94. The van der Waals surface area contributed by atoms with Gasteiger partial charge in [0, 0.05) is 25.0 Å². The summed E-state index contributed by atoms with van der Waals surface area (Å²) < 4.78 is 12.5. The minimum atomic E-state index is 0.00589. The third kappa shape index (κ3) is 3.37. The molecule has 0 unspecified atom stereocenters. The maximum absolute atomic E-state index is 13.1. The molecule has 1 fully saturated rings. The summed E-state index contributed by atoms with van der Waals surface area (Å²) in [5.41, 5.74) is 0.575. The fraction of sp³-hybridized carbons (Fsp3) is 0.444. The Morgan fingerprint density at radius 2 is 2.17 bits per heavy atom. The number of carbonyl (C=O) groups excluding carboxylic acids is 1.